The molecule has 2 aromatic rings. The van der Waals surface area contributed by atoms with E-state index in [1.807, 2.05) is 12.1 Å². The second kappa shape index (κ2) is 6.09. The Morgan fingerprint density at radius 3 is 2.95 bits per heavy atom. The summed E-state index contributed by atoms with van der Waals surface area (Å²) < 4.78 is 10.7. The first-order chi connectivity index (χ1) is 10.7. The van der Waals surface area contributed by atoms with E-state index >= 15 is 0 Å². The molecule has 2 unspecified atom stereocenters. The van der Waals surface area contributed by atoms with E-state index in [1.165, 1.54) is 6.39 Å². The summed E-state index contributed by atoms with van der Waals surface area (Å²) in [6.07, 6.45) is 3.16. The van der Waals surface area contributed by atoms with Gasteiger partial charge in [0.25, 0.3) is 6.02 Å². The summed E-state index contributed by atoms with van der Waals surface area (Å²) >= 11 is 0. The first kappa shape index (κ1) is 14.4. The minimum Gasteiger partial charge on any atom is -0.463 e. The number of hydrogen-bond donors (Lipinski definition) is 1. The van der Waals surface area contributed by atoms with E-state index in [4.69, 9.17) is 14.9 Å². The van der Waals surface area contributed by atoms with Crippen LogP contribution in [0, 0.1) is 0 Å². The van der Waals surface area contributed by atoms with Crippen molar-refractivity contribution >= 4 is 11.7 Å². The fourth-order valence-corrected chi connectivity index (χ4v) is 2.77. The minimum absolute atomic E-state index is 0.0499. The molecule has 1 aromatic heterocycles. The van der Waals surface area contributed by atoms with Crippen LogP contribution in [0.5, 0.6) is 0 Å². The van der Waals surface area contributed by atoms with Gasteiger partial charge in [0.2, 0.25) is 0 Å². The predicted octanol–water partition coefficient (Wildman–Crippen LogP) is 2.27. The molecule has 0 bridgehead atoms. The van der Waals surface area contributed by atoms with E-state index < -0.39 is 0 Å². The third kappa shape index (κ3) is 2.77. The van der Waals surface area contributed by atoms with Gasteiger partial charge in [0.1, 0.15) is 12.6 Å². The lowest BCUT2D eigenvalue weighted by Gasteiger charge is -2.32. The third-order valence-electron chi connectivity index (χ3n) is 3.98. The van der Waals surface area contributed by atoms with Crippen LogP contribution in [-0.2, 0) is 4.74 Å². The highest BCUT2D eigenvalue weighted by Gasteiger charge is 2.27. The molecule has 1 aliphatic heterocycles. The fraction of sp³-hybridized carbons (Fsp3) is 0.375. The summed E-state index contributed by atoms with van der Waals surface area (Å²) in [6, 6.07) is 8.74. The van der Waals surface area contributed by atoms with Crippen LogP contribution in [0.4, 0.5) is 5.69 Å². The van der Waals surface area contributed by atoms with Crippen molar-refractivity contribution in [3.63, 3.8) is 0 Å². The number of anilines is 1. The molecular formula is C16H20N4O2. The Balaban J connectivity index is 1.86. The van der Waals surface area contributed by atoms with E-state index in [0.717, 1.165) is 23.6 Å². The van der Waals surface area contributed by atoms with Crippen molar-refractivity contribution in [1.29, 1.82) is 0 Å². The number of rotatable bonds is 5. The third-order valence-corrected chi connectivity index (χ3v) is 3.98. The summed E-state index contributed by atoms with van der Waals surface area (Å²) in [5.74, 6) is 0.761. The largest absolute Gasteiger partial charge is 0.463 e. The van der Waals surface area contributed by atoms with E-state index in [9.17, 15) is 0 Å². The van der Waals surface area contributed by atoms with Gasteiger partial charge in [0.15, 0.2) is 12.2 Å². The van der Waals surface area contributed by atoms with Crippen LogP contribution < -0.4 is 10.6 Å². The molecule has 0 amide bonds. The molecule has 116 valence electrons. The Morgan fingerprint density at radius 2 is 2.32 bits per heavy atom. The van der Waals surface area contributed by atoms with Gasteiger partial charge in [0, 0.05) is 17.8 Å². The number of likely N-dealkylation sites (N-methyl/N-ethyl adjacent to an activating group) is 1. The molecule has 2 N–H and O–H groups in total. The monoisotopic (exact) mass is 300 g/mol. The molecule has 2 heterocycles. The van der Waals surface area contributed by atoms with Crippen LogP contribution in [0.1, 0.15) is 13.8 Å². The van der Waals surface area contributed by atoms with Crippen molar-refractivity contribution in [2.24, 2.45) is 10.7 Å². The number of benzene rings is 1. The molecule has 0 saturated heterocycles. The number of oxazole rings is 1. The van der Waals surface area contributed by atoms with Gasteiger partial charge in [-0.3, -0.25) is 0 Å². The molecule has 22 heavy (non-hydrogen) atoms. The van der Waals surface area contributed by atoms with Crippen molar-refractivity contribution in [3.8, 4) is 11.3 Å². The Bertz CT molecular complexity index is 654. The highest BCUT2D eigenvalue weighted by molar-refractivity contribution is 5.73. The lowest BCUT2D eigenvalue weighted by molar-refractivity contribution is 0.298. The maximum atomic E-state index is 5.62. The maximum absolute atomic E-state index is 5.62. The molecule has 3 rings (SSSR count). The molecule has 1 aromatic carbocycles. The van der Waals surface area contributed by atoms with E-state index in [0.29, 0.717) is 6.61 Å². The lowest BCUT2D eigenvalue weighted by Crippen LogP contribution is -2.41. The lowest BCUT2D eigenvalue weighted by atomic mass is 10.1. The number of hydrogen-bond acceptors (Lipinski definition) is 6. The average molecular weight is 300 g/mol. The van der Waals surface area contributed by atoms with Gasteiger partial charge in [-0.2, -0.15) is 0 Å². The second-order valence-corrected chi connectivity index (χ2v) is 5.29. The maximum Gasteiger partial charge on any atom is 0.282 e. The molecule has 6 nitrogen and oxygen atoms in total. The van der Waals surface area contributed by atoms with Crippen molar-refractivity contribution < 1.29 is 9.15 Å². The van der Waals surface area contributed by atoms with Crippen LogP contribution in [-0.4, -0.2) is 36.2 Å². The number of nitrogens with two attached hydrogens (primary N) is 1. The van der Waals surface area contributed by atoms with Gasteiger partial charge in [-0.25, -0.2) is 9.98 Å². The van der Waals surface area contributed by atoms with Gasteiger partial charge >= 0.3 is 0 Å². The summed E-state index contributed by atoms with van der Waals surface area (Å²) in [5, 5.41) is 0. The van der Waals surface area contributed by atoms with Crippen molar-refractivity contribution in [1.82, 2.24) is 4.98 Å². The Labute approximate surface area is 129 Å². The van der Waals surface area contributed by atoms with E-state index in [2.05, 4.69) is 40.9 Å². The Kier molecular flexibility index (Phi) is 4.00. The number of amidine groups is 1. The number of aliphatic imine (C=N–C) groups is 1. The molecular weight excluding hydrogens is 280 g/mol. The highest BCUT2D eigenvalue weighted by atomic mass is 16.5. The smallest absolute Gasteiger partial charge is 0.282 e. The standard InChI is InChI=1S/C16H20N4O2/c1-3-20(11(2)14-9-21-16(17)19-14)13-6-4-5-12(7-13)15-8-18-10-22-15/h4-8,10-11,14H,3,9H2,1-2H3,(H2,17,19). The number of nitrogens with zero attached hydrogens (tertiary/aromatic N) is 3. The van der Waals surface area contributed by atoms with Gasteiger partial charge in [-0.1, -0.05) is 12.1 Å². The summed E-state index contributed by atoms with van der Waals surface area (Å²) in [6.45, 7) is 5.67. The Hall–Kier alpha value is -2.50. The van der Waals surface area contributed by atoms with E-state index in [1.54, 1.807) is 6.20 Å². The molecule has 2 atom stereocenters. The van der Waals surface area contributed by atoms with Crippen LogP contribution in [0.2, 0.25) is 0 Å². The molecule has 0 saturated carbocycles. The van der Waals surface area contributed by atoms with Gasteiger partial charge in [0.05, 0.1) is 12.2 Å². The quantitative estimate of drug-likeness (QED) is 0.916. The van der Waals surface area contributed by atoms with Crippen LogP contribution in [0.15, 0.2) is 46.3 Å². The Morgan fingerprint density at radius 1 is 1.45 bits per heavy atom. The highest BCUT2D eigenvalue weighted by Crippen LogP contribution is 2.27. The molecule has 0 fully saturated rings. The summed E-state index contributed by atoms with van der Waals surface area (Å²) in [5.41, 5.74) is 7.74. The first-order valence-electron chi connectivity index (χ1n) is 7.40. The second-order valence-electron chi connectivity index (χ2n) is 5.29. The van der Waals surface area contributed by atoms with Gasteiger partial charge < -0.3 is 19.8 Å². The summed E-state index contributed by atoms with van der Waals surface area (Å²) in [4.78, 5) is 10.6. The van der Waals surface area contributed by atoms with Crippen LogP contribution >= 0.6 is 0 Å². The topological polar surface area (TPSA) is 76.9 Å². The molecule has 0 aliphatic carbocycles. The predicted molar refractivity (Wildman–Crippen MR) is 85.8 cm³/mol. The number of aromatic nitrogens is 1. The number of ether oxygens (including phenoxy) is 1. The van der Waals surface area contributed by atoms with Crippen LogP contribution in [0.25, 0.3) is 11.3 Å². The van der Waals surface area contributed by atoms with Crippen molar-refractivity contribution in [2.45, 2.75) is 25.9 Å². The van der Waals surface area contributed by atoms with Crippen LogP contribution in [0.3, 0.4) is 0 Å². The van der Waals surface area contributed by atoms with Crippen molar-refractivity contribution in [3.05, 3.63) is 36.9 Å². The minimum atomic E-state index is 0.0499. The van der Waals surface area contributed by atoms with Crippen molar-refractivity contribution in [2.75, 3.05) is 18.1 Å². The first-order valence-corrected chi connectivity index (χ1v) is 7.40. The zero-order valence-corrected chi connectivity index (χ0v) is 12.8. The molecule has 0 spiro atoms. The normalized spacial score (nSPS) is 18.6. The zero-order valence-electron chi connectivity index (χ0n) is 12.8. The zero-order chi connectivity index (χ0) is 15.5. The summed E-state index contributed by atoms with van der Waals surface area (Å²) in [7, 11) is 0. The molecule has 0 radical (unpaired) electrons. The van der Waals surface area contributed by atoms with Gasteiger partial charge in [-0.15, -0.1) is 0 Å². The fourth-order valence-electron chi connectivity index (χ4n) is 2.77. The molecule has 6 heteroatoms. The molecule has 1 aliphatic rings. The average Bonchev–Trinajstić information content (AvgIpc) is 3.19. The van der Waals surface area contributed by atoms with Gasteiger partial charge in [-0.05, 0) is 26.0 Å². The SMILES string of the molecule is CCN(c1cccc(-c2cnco2)c1)C(C)C1COC(N)=N1. The van der Waals surface area contributed by atoms with E-state index in [-0.39, 0.29) is 18.1 Å².